The zero-order valence-electron chi connectivity index (χ0n) is 40.9. The maximum atomic E-state index is 12.4. The van der Waals surface area contributed by atoms with Crippen LogP contribution in [0.25, 0.3) is 0 Å². The number of hydrogen-bond donors (Lipinski definition) is 3. The van der Waals surface area contributed by atoms with Gasteiger partial charge in [-0.1, -0.05) is 250 Å². The second-order valence-electron chi connectivity index (χ2n) is 18.6. The molecule has 61 heavy (non-hydrogen) atoms. The van der Waals surface area contributed by atoms with Crippen LogP contribution in [0.1, 0.15) is 290 Å². The molecule has 0 saturated carbocycles. The highest BCUT2D eigenvalue weighted by molar-refractivity contribution is 5.76. The van der Waals surface area contributed by atoms with Crippen LogP contribution in [0.3, 0.4) is 0 Å². The highest BCUT2D eigenvalue weighted by Gasteiger charge is 2.18. The summed E-state index contributed by atoms with van der Waals surface area (Å²) < 4.78 is 5.43. The van der Waals surface area contributed by atoms with E-state index in [4.69, 9.17) is 4.74 Å². The van der Waals surface area contributed by atoms with E-state index in [-0.39, 0.29) is 18.5 Å². The van der Waals surface area contributed by atoms with Crippen LogP contribution in [0.4, 0.5) is 0 Å². The Bertz CT molecular complexity index is 951. The second kappa shape index (κ2) is 51.0. The maximum absolute atomic E-state index is 12.4. The summed E-state index contributed by atoms with van der Waals surface area (Å²) in [7, 11) is 0. The fraction of sp³-hybridized carbons (Fsp3) is 0.891. The van der Waals surface area contributed by atoms with Crippen molar-refractivity contribution in [2.24, 2.45) is 0 Å². The molecule has 6 nitrogen and oxygen atoms in total. The average molecular weight is 860 g/mol. The second-order valence-corrected chi connectivity index (χ2v) is 18.6. The molecule has 0 aromatic heterocycles. The molecule has 0 aromatic rings. The van der Waals surface area contributed by atoms with Crippen molar-refractivity contribution in [1.29, 1.82) is 0 Å². The molecule has 2 unspecified atom stereocenters. The number of rotatable bonds is 50. The first kappa shape index (κ1) is 59.3. The van der Waals surface area contributed by atoms with Crippen molar-refractivity contribution in [3.8, 4) is 0 Å². The highest BCUT2D eigenvalue weighted by Crippen LogP contribution is 2.17. The molecule has 0 bridgehead atoms. The van der Waals surface area contributed by atoms with Crippen molar-refractivity contribution in [3.63, 3.8) is 0 Å². The van der Waals surface area contributed by atoms with E-state index in [9.17, 15) is 19.8 Å². The molecule has 0 spiro atoms. The standard InChI is InChI=1S/C55H105NO5/c1-3-5-7-9-11-13-15-17-18-19-20-21-22-23-24-25-26-27-28-31-35-39-43-47-53(58)52(51-57)56-54(59)48-44-40-36-32-30-34-38-42-46-50-61-55(60)49-45-41-37-33-29-16-14-12-10-8-6-4-2/h32,36,43,47,52-53,57-58H,3-31,33-35,37-42,44-46,48-51H2,1-2H3,(H,56,59)/b36-32-,47-43+. The van der Waals surface area contributed by atoms with Crippen LogP contribution in [0.15, 0.2) is 24.3 Å². The number of unbranched alkanes of at least 4 members (excludes halogenated alkanes) is 37. The zero-order chi connectivity index (χ0) is 44.4. The Balaban J connectivity index is 3.56. The van der Waals surface area contributed by atoms with Crippen molar-refractivity contribution < 1.29 is 24.5 Å². The number of nitrogens with one attached hydrogen (secondary N) is 1. The minimum atomic E-state index is -0.875. The highest BCUT2D eigenvalue weighted by atomic mass is 16.5. The van der Waals surface area contributed by atoms with E-state index in [1.807, 2.05) is 6.08 Å². The van der Waals surface area contributed by atoms with Gasteiger partial charge in [-0.3, -0.25) is 9.59 Å². The molecule has 2 atom stereocenters. The Morgan fingerprint density at radius 1 is 0.443 bits per heavy atom. The molecule has 0 fully saturated rings. The van der Waals surface area contributed by atoms with Gasteiger partial charge < -0.3 is 20.3 Å². The summed E-state index contributed by atoms with van der Waals surface area (Å²) in [6, 6.07) is -0.665. The molecule has 0 saturated heterocycles. The van der Waals surface area contributed by atoms with Gasteiger partial charge in [-0.2, -0.15) is 0 Å². The fourth-order valence-corrected chi connectivity index (χ4v) is 8.28. The van der Waals surface area contributed by atoms with Crippen LogP contribution in [0.5, 0.6) is 0 Å². The quantitative estimate of drug-likeness (QED) is 0.0322. The van der Waals surface area contributed by atoms with Gasteiger partial charge in [-0.05, 0) is 51.4 Å². The first-order valence-corrected chi connectivity index (χ1v) is 27.1. The Morgan fingerprint density at radius 3 is 1.20 bits per heavy atom. The lowest BCUT2D eigenvalue weighted by molar-refractivity contribution is -0.143. The van der Waals surface area contributed by atoms with Gasteiger partial charge in [0.2, 0.25) is 5.91 Å². The topological polar surface area (TPSA) is 95.9 Å². The van der Waals surface area contributed by atoms with Crippen LogP contribution >= 0.6 is 0 Å². The number of hydrogen-bond acceptors (Lipinski definition) is 5. The Hall–Kier alpha value is -1.66. The van der Waals surface area contributed by atoms with Crippen molar-refractivity contribution >= 4 is 11.9 Å². The molecule has 0 radical (unpaired) electrons. The van der Waals surface area contributed by atoms with Crippen LogP contribution in [0.2, 0.25) is 0 Å². The first-order chi connectivity index (χ1) is 30.0. The number of amides is 1. The van der Waals surface area contributed by atoms with Gasteiger partial charge in [-0.15, -0.1) is 0 Å². The number of allylic oxidation sites excluding steroid dienone is 3. The smallest absolute Gasteiger partial charge is 0.305 e. The Labute approximate surface area is 380 Å². The summed E-state index contributed by atoms with van der Waals surface area (Å²) in [5.41, 5.74) is 0. The van der Waals surface area contributed by atoms with Crippen LogP contribution in [-0.2, 0) is 14.3 Å². The molecule has 360 valence electrons. The number of esters is 1. The molecule has 0 heterocycles. The maximum Gasteiger partial charge on any atom is 0.305 e. The fourth-order valence-electron chi connectivity index (χ4n) is 8.28. The van der Waals surface area contributed by atoms with Crippen molar-refractivity contribution in [2.45, 2.75) is 302 Å². The van der Waals surface area contributed by atoms with Crippen LogP contribution < -0.4 is 5.32 Å². The summed E-state index contributed by atoms with van der Waals surface area (Å²) in [4.78, 5) is 24.4. The molecule has 0 aliphatic heterocycles. The lowest BCUT2D eigenvalue weighted by atomic mass is 10.0. The lowest BCUT2D eigenvalue weighted by Gasteiger charge is -2.19. The third-order valence-corrected chi connectivity index (χ3v) is 12.5. The van der Waals surface area contributed by atoms with Gasteiger partial charge in [0.15, 0.2) is 0 Å². The van der Waals surface area contributed by atoms with E-state index < -0.39 is 12.1 Å². The molecule has 0 aromatic carbocycles. The Morgan fingerprint density at radius 2 is 0.787 bits per heavy atom. The summed E-state index contributed by atoms with van der Waals surface area (Å²) in [5.74, 6) is -0.163. The Kier molecular flexibility index (Phi) is 49.6. The van der Waals surface area contributed by atoms with E-state index in [0.717, 1.165) is 70.6 Å². The first-order valence-electron chi connectivity index (χ1n) is 27.1. The van der Waals surface area contributed by atoms with Crippen molar-refractivity contribution in [1.82, 2.24) is 5.32 Å². The predicted molar refractivity (Wildman–Crippen MR) is 264 cm³/mol. The van der Waals surface area contributed by atoms with Gasteiger partial charge in [0.05, 0.1) is 25.4 Å². The molecular weight excluding hydrogens is 755 g/mol. The van der Waals surface area contributed by atoms with E-state index in [1.54, 1.807) is 6.08 Å². The minimum absolute atomic E-state index is 0.0369. The molecule has 6 heteroatoms. The van der Waals surface area contributed by atoms with Crippen LogP contribution in [-0.4, -0.2) is 47.4 Å². The number of ether oxygens (including phenoxy) is 1. The number of aliphatic hydroxyl groups excluding tert-OH is 2. The minimum Gasteiger partial charge on any atom is -0.466 e. The SMILES string of the molecule is CCCCCCCCCCCCCCCCCCCCCCC/C=C/C(O)C(CO)NC(=O)CCC/C=C\CCCCCCOC(=O)CCCCCCCCCCCCCC. The van der Waals surface area contributed by atoms with Crippen molar-refractivity contribution in [2.75, 3.05) is 13.2 Å². The largest absolute Gasteiger partial charge is 0.466 e. The molecule has 0 aliphatic rings. The van der Waals surface area contributed by atoms with Gasteiger partial charge in [0.25, 0.3) is 0 Å². The van der Waals surface area contributed by atoms with E-state index in [1.165, 1.54) is 193 Å². The van der Waals surface area contributed by atoms with E-state index >= 15 is 0 Å². The number of carbonyl (C=O) groups excluding carboxylic acids is 2. The molecule has 3 N–H and O–H groups in total. The molecule has 0 rings (SSSR count). The normalized spacial score (nSPS) is 12.8. The summed E-state index contributed by atoms with van der Waals surface area (Å²) in [5, 5.41) is 23.1. The molecule has 1 amide bonds. The van der Waals surface area contributed by atoms with Gasteiger partial charge in [0, 0.05) is 12.8 Å². The monoisotopic (exact) mass is 860 g/mol. The number of aliphatic hydroxyl groups is 2. The third-order valence-electron chi connectivity index (χ3n) is 12.5. The summed E-state index contributed by atoms with van der Waals surface area (Å²) in [6.07, 6.45) is 60.6. The van der Waals surface area contributed by atoms with Crippen molar-refractivity contribution in [3.05, 3.63) is 24.3 Å². The molecule has 0 aliphatic carbocycles. The van der Waals surface area contributed by atoms with Gasteiger partial charge in [0.1, 0.15) is 0 Å². The van der Waals surface area contributed by atoms with E-state index in [2.05, 4.69) is 31.3 Å². The van der Waals surface area contributed by atoms with Gasteiger partial charge >= 0.3 is 5.97 Å². The average Bonchev–Trinajstić information content (AvgIpc) is 3.26. The zero-order valence-corrected chi connectivity index (χ0v) is 40.9. The van der Waals surface area contributed by atoms with Crippen LogP contribution in [0, 0.1) is 0 Å². The van der Waals surface area contributed by atoms with Gasteiger partial charge in [-0.25, -0.2) is 0 Å². The summed E-state index contributed by atoms with van der Waals surface area (Å²) in [6.45, 7) is 4.82. The number of carbonyl (C=O) groups is 2. The third kappa shape index (κ3) is 47.7. The lowest BCUT2D eigenvalue weighted by Crippen LogP contribution is -2.45. The predicted octanol–water partition coefficient (Wildman–Crippen LogP) is 16.3. The molecular formula is C55H105NO5. The van der Waals surface area contributed by atoms with E-state index in [0.29, 0.717) is 19.4 Å². The summed E-state index contributed by atoms with van der Waals surface area (Å²) >= 11 is 0.